The zero-order chi connectivity index (χ0) is 20.5. The van der Waals surface area contributed by atoms with Gasteiger partial charge in [0.25, 0.3) is 0 Å². The molecule has 0 radical (unpaired) electrons. The SMILES string of the molecule is CCNC(=NCC(O)COCc1ccccc1)N1CCOC(c2cnn(C)c2)C1.I. The lowest BCUT2D eigenvalue weighted by Gasteiger charge is -2.35. The molecule has 0 bridgehead atoms. The van der Waals surface area contributed by atoms with E-state index in [0.717, 1.165) is 30.2 Å². The normalized spacial score (nSPS) is 18.0. The maximum absolute atomic E-state index is 10.3. The van der Waals surface area contributed by atoms with Crippen molar-refractivity contribution in [3.05, 3.63) is 53.9 Å². The summed E-state index contributed by atoms with van der Waals surface area (Å²) in [6.07, 6.45) is 3.13. The van der Waals surface area contributed by atoms with Crippen LogP contribution in [-0.4, -0.2) is 71.2 Å². The Labute approximate surface area is 195 Å². The molecule has 166 valence electrons. The Morgan fingerprint density at radius 2 is 2.20 bits per heavy atom. The number of aliphatic hydroxyl groups is 1. The molecule has 0 aliphatic carbocycles. The molecule has 1 aliphatic heterocycles. The number of guanidine groups is 1. The van der Waals surface area contributed by atoms with Crippen LogP contribution in [0, 0.1) is 0 Å². The summed E-state index contributed by atoms with van der Waals surface area (Å²) in [5.41, 5.74) is 2.15. The van der Waals surface area contributed by atoms with Crippen LogP contribution in [0.5, 0.6) is 0 Å². The molecule has 2 aromatic rings. The summed E-state index contributed by atoms with van der Waals surface area (Å²) in [5, 5.41) is 17.8. The third-order valence-electron chi connectivity index (χ3n) is 4.67. The first kappa shape index (κ1) is 24.6. The van der Waals surface area contributed by atoms with E-state index >= 15 is 0 Å². The molecule has 1 aromatic carbocycles. The van der Waals surface area contributed by atoms with Crippen molar-refractivity contribution in [2.75, 3.05) is 39.4 Å². The van der Waals surface area contributed by atoms with Crippen molar-refractivity contribution in [2.24, 2.45) is 12.0 Å². The van der Waals surface area contributed by atoms with E-state index in [1.807, 2.05) is 56.7 Å². The lowest BCUT2D eigenvalue weighted by molar-refractivity contribution is -0.00828. The molecule has 2 N–H and O–H groups in total. The Morgan fingerprint density at radius 3 is 2.90 bits per heavy atom. The number of rotatable bonds is 8. The van der Waals surface area contributed by atoms with Gasteiger partial charge in [-0.2, -0.15) is 5.10 Å². The zero-order valence-corrected chi connectivity index (χ0v) is 19.9. The van der Waals surface area contributed by atoms with Crippen LogP contribution in [-0.2, 0) is 23.1 Å². The maximum Gasteiger partial charge on any atom is 0.194 e. The first-order valence-electron chi connectivity index (χ1n) is 10.1. The van der Waals surface area contributed by atoms with Gasteiger partial charge in [-0.1, -0.05) is 30.3 Å². The van der Waals surface area contributed by atoms with Gasteiger partial charge in [-0.3, -0.25) is 9.67 Å². The largest absolute Gasteiger partial charge is 0.389 e. The highest BCUT2D eigenvalue weighted by Crippen LogP contribution is 2.21. The molecular formula is C21H32IN5O3. The van der Waals surface area contributed by atoms with Crippen LogP contribution in [0.4, 0.5) is 0 Å². The van der Waals surface area contributed by atoms with Crippen LogP contribution in [0.2, 0.25) is 0 Å². The standard InChI is InChI=1S/C21H31N5O3.HI/c1-3-22-21(23-12-19(27)16-28-15-17-7-5-4-6-8-17)26-9-10-29-20(14-26)18-11-24-25(2)13-18;/h4-8,11,13,19-20,27H,3,9-10,12,14-16H2,1-2H3,(H,22,23);1H. The van der Waals surface area contributed by atoms with Crippen molar-refractivity contribution in [1.82, 2.24) is 20.0 Å². The minimum atomic E-state index is -0.650. The minimum absolute atomic E-state index is 0. The molecule has 1 aromatic heterocycles. The number of nitrogens with zero attached hydrogens (tertiary/aromatic N) is 4. The highest BCUT2D eigenvalue weighted by molar-refractivity contribution is 14.0. The summed E-state index contributed by atoms with van der Waals surface area (Å²) in [6.45, 7) is 5.87. The van der Waals surface area contributed by atoms with Crippen LogP contribution < -0.4 is 5.32 Å². The number of hydrogen-bond acceptors (Lipinski definition) is 5. The average molecular weight is 529 g/mol. The number of aliphatic hydroxyl groups excluding tert-OH is 1. The summed E-state index contributed by atoms with van der Waals surface area (Å²) in [5.74, 6) is 0.784. The van der Waals surface area contributed by atoms with Gasteiger partial charge in [0.05, 0.1) is 45.2 Å². The summed E-state index contributed by atoms with van der Waals surface area (Å²) in [7, 11) is 1.90. The first-order valence-corrected chi connectivity index (χ1v) is 10.1. The van der Waals surface area contributed by atoms with Crippen LogP contribution in [0.15, 0.2) is 47.7 Å². The second kappa shape index (κ2) is 12.9. The Kier molecular flexibility index (Phi) is 10.6. The van der Waals surface area contributed by atoms with E-state index in [9.17, 15) is 5.11 Å². The van der Waals surface area contributed by atoms with Crippen LogP contribution in [0.1, 0.15) is 24.2 Å². The van der Waals surface area contributed by atoms with Gasteiger partial charge in [-0.25, -0.2) is 0 Å². The van der Waals surface area contributed by atoms with Crippen molar-refractivity contribution in [1.29, 1.82) is 0 Å². The number of benzene rings is 1. The molecule has 8 nitrogen and oxygen atoms in total. The van der Waals surface area contributed by atoms with Gasteiger partial charge in [0.15, 0.2) is 5.96 Å². The predicted molar refractivity (Wildman–Crippen MR) is 127 cm³/mol. The van der Waals surface area contributed by atoms with Crippen molar-refractivity contribution in [2.45, 2.75) is 25.7 Å². The number of halogens is 1. The summed E-state index contributed by atoms with van der Waals surface area (Å²) in [6, 6.07) is 9.93. The van der Waals surface area contributed by atoms with Crippen molar-refractivity contribution in [3.63, 3.8) is 0 Å². The Bertz CT molecular complexity index is 771. The van der Waals surface area contributed by atoms with E-state index in [0.29, 0.717) is 19.8 Å². The quantitative estimate of drug-likeness (QED) is 0.309. The maximum atomic E-state index is 10.3. The van der Waals surface area contributed by atoms with Crippen molar-refractivity contribution < 1.29 is 14.6 Å². The molecule has 30 heavy (non-hydrogen) atoms. The number of nitrogens with one attached hydrogen (secondary N) is 1. The second-order valence-electron chi connectivity index (χ2n) is 7.10. The van der Waals surface area contributed by atoms with Gasteiger partial charge < -0.3 is 24.8 Å². The molecule has 9 heteroatoms. The van der Waals surface area contributed by atoms with E-state index in [2.05, 4.69) is 20.3 Å². The van der Waals surface area contributed by atoms with E-state index < -0.39 is 6.10 Å². The van der Waals surface area contributed by atoms with Gasteiger partial charge >= 0.3 is 0 Å². The number of morpholine rings is 1. The molecule has 0 spiro atoms. The third-order valence-corrected chi connectivity index (χ3v) is 4.67. The van der Waals surface area contributed by atoms with Gasteiger partial charge in [0.2, 0.25) is 0 Å². The Balaban J connectivity index is 0.00000320. The van der Waals surface area contributed by atoms with Gasteiger partial charge in [-0.15, -0.1) is 24.0 Å². The van der Waals surface area contributed by atoms with E-state index in [4.69, 9.17) is 9.47 Å². The minimum Gasteiger partial charge on any atom is -0.389 e. The lowest BCUT2D eigenvalue weighted by Crippen LogP contribution is -2.48. The first-order chi connectivity index (χ1) is 14.2. The average Bonchev–Trinajstić information content (AvgIpc) is 3.18. The molecule has 2 heterocycles. The smallest absolute Gasteiger partial charge is 0.194 e. The number of hydrogen-bond donors (Lipinski definition) is 2. The van der Waals surface area contributed by atoms with Crippen molar-refractivity contribution in [3.8, 4) is 0 Å². The highest BCUT2D eigenvalue weighted by atomic mass is 127. The van der Waals surface area contributed by atoms with E-state index in [-0.39, 0.29) is 43.2 Å². The molecule has 0 amide bonds. The Morgan fingerprint density at radius 1 is 1.40 bits per heavy atom. The van der Waals surface area contributed by atoms with Gasteiger partial charge in [0, 0.05) is 31.9 Å². The van der Waals surface area contributed by atoms with E-state index in [1.54, 1.807) is 4.68 Å². The molecule has 0 saturated carbocycles. The van der Waals surface area contributed by atoms with E-state index in [1.165, 1.54) is 0 Å². The van der Waals surface area contributed by atoms with Crippen LogP contribution >= 0.6 is 24.0 Å². The molecule has 2 atom stereocenters. The summed E-state index contributed by atoms with van der Waals surface area (Å²) < 4.78 is 13.3. The predicted octanol–water partition coefficient (Wildman–Crippen LogP) is 1.95. The number of aliphatic imine (C=N–C) groups is 1. The molecule has 3 rings (SSSR count). The molecule has 2 unspecified atom stereocenters. The molecule has 1 aliphatic rings. The zero-order valence-electron chi connectivity index (χ0n) is 17.6. The molecular weight excluding hydrogens is 497 g/mol. The lowest BCUT2D eigenvalue weighted by atomic mass is 10.1. The highest BCUT2D eigenvalue weighted by Gasteiger charge is 2.25. The summed E-state index contributed by atoms with van der Waals surface area (Å²) >= 11 is 0. The fourth-order valence-corrected chi connectivity index (χ4v) is 3.21. The third kappa shape index (κ3) is 7.53. The molecule has 1 fully saturated rings. The summed E-state index contributed by atoms with van der Waals surface area (Å²) in [4.78, 5) is 6.79. The number of ether oxygens (including phenoxy) is 2. The fraction of sp³-hybridized carbons (Fsp3) is 0.524. The monoisotopic (exact) mass is 529 g/mol. The van der Waals surface area contributed by atoms with Crippen molar-refractivity contribution >= 4 is 29.9 Å². The van der Waals surface area contributed by atoms with Gasteiger partial charge in [0.1, 0.15) is 6.10 Å². The second-order valence-corrected chi connectivity index (χ2v) is 7.10. The van der Waals surface area contributed by atoms with Crippen LogP contribution in [0.25, 0.3) is 0 Å². The molecule has 1 saturated heterocycles. The Hall–Kier alpha value is -1.69. The topological polar surface area (TPSA) is 84.1 Å². The fourth-order valence-electron chi connectivity index (χ4n) is 3.21. The number of aryl methyl sites for hydroxylation is 1. The van der Waals surface area contributed by atoms with Gasteiger partial charge in [-0.05, 0) is 12.5 Å². The van der Waals surface area contributed by atoms with Crippen LogP contribution in [0.3, 0.4) is 0 Å². The number of aromatic nitrogens is 2.